The van der Waals surface area contributed by atoms with Crippen molar-refractivity contribution in [2.75, 3.05) is 0 Å². The average Bonchev–Trinajstić information content (AvgIpc) is 2.68. The lowest BCUT2D eigenvalue weighted by Gasteiger charge is -2.33. The van der Waals surface area contributed by atoms with Gasteiger partial charge in [-0.05, 0) is 48.3 Å². The molecule has 0 amide bonds. The minimum atomic E-state index is -0.0489. The second-order valence-electron chi connectivity index (χ2n) is 5.26. The van der Waals surface area contributed by atoms with Gasteiger partial charge in [0, 0.05) is 0 Å². The van der Waals surface area contributed by atoms with Crippen LogP contribution in [0.4, 0.5) is 0 Å². The van der Waals surface area contributed by atoms with Gasteiger partial charge in [-0.15, -0.1) is 0 Å². The zero-order valence-corrected chi connectivity index (χ0v) is 6.93. The fourth-order valence-electron chi connectivity index (χ4n) is 5.10. The van der Waals surface area contributed by atoms with Gasteiger partial charge < -0.3 is 10.2 Å². The molecule has 4 bridgehead atoms. The molecule has 4 rings (SSSR count). The van der Waals surface area contributed by atoms with E-state index in [0.29, 0.717) is 35.5 Å². The van der Waals surface area contributed by atoms with Gasteiger partial charge >= 0.3 is 0 Å². The molecule has 4 aliphatic carbocycles. The number of hydrogen-bond donors (Lipinski definition) is 2. The predicted molar refractivity (Wildman–Crippen MR) is 42.2 cm³/mol. The summed E-state index contributed by atoms with van der Waals surface area (Å²) in [6.45, 7) is 0. The summed E-state index contributed by atoms with van der Waals surface area (Å²) in [7, 11) is 0. The first kappa shape index (κ1) is 6.39. The molecule has 12 heavy (non-hydrogen) atoms. The first-order valence-electron chi connectivity index (χ1n) is 5.15. The highest BCUT2D eigenvalue weighted by atomic mass is 16.3. The molecule has 4 saturated carbocycles. The predicted octanol–water partition coefficient (Wildman–Crippen LogP) is 0.240. The lowest BCUT2D eigenvalue weighted by Crippen LogP contribution is -2.27. The lowest BCUT2D eigenvalue weighted by molar-refractivity contribution is 0.0944. The zero-order valence-electron chi connectivity index (χ0n) is 6.93. The summed E-state index contributed by atoms with van der Waals surface area (Å²) >= 11 is 0. The maximum atomic E-state index is 9.91. The highest BCUT2D eigenvalue weighted by molar-refractivity contribution is 5.20. The van der Waals surface area contributed by atoms with Gasteiger partial charge in [-0.3, -0.25) is 0 Å². The fraction of sp³-hybridized carbons (Fsp3) is 1.00. The van der Waals surface area contributed by atoms with Crippen LogP contribution in [0.5, 0.6) is 0 Å². The number of rotatable bonds is 0. The molecule has 66 valence electrons. The van der Waals surface area contributed by atoms with E-state index >= 15 is 0 Å². The van der Waals surface area contributed by atoms with Crippen molar-refractivity contribution in [1.29, 1.82) is 0 Å². The van der Waals surface area contributed by atoms with Crippen molar-refractivity contribution in [3.05, 3.63) is 0 Å². The Bertz CT molecular complexity index is 226. The molecular formula is C10H14O2. The Labute approximate surface area is 71.6 Å². The fourth-order valence-corrected chi connectivity index (χ4v) is 5.10. The molecule has 0 heterocycles. The molecule has 8 atom stereocenters. The van der Waals surface area contributed by atoms with Crippen LogP contribution in [-0.4, -0.2) is 22.4 Å². The smallest absolute Gasteiger partial charge is 0.0605 e. The van der Waals surface area contributed by atoms with Gasteiger partial charge in [0.05, 0.1) is 12.2 Å². The quantitative estimate of drug-likeness (QED) is 0.541. The van der Waals surface area contributed by atoms with Crippen LogP contribution >= 0.6 is 0 Å². The van der Waals surface area contributed by atoms with Crippen molar-refractivity contribution in [3.8, 4) is 0 Å². The highest BCUT2D eigenvalue weighted by Gasteiger charge is 2.72. The van der Waals surface area contributed by atoms with Crippen molar-refractivity contribution in [2.24, 2.45) is 35.5 Å². The number of fused-ring (bicyclic) bond motifs is 4. The van der Waals surface area contributed by atoms with Gasteiger partial charge in [0.15, 0.2) is 0 Å². The Morgan fingerprint density at radius 3 is 1.42 bits per heavy atom. The van der Waals surface area contributed by atoms with Crippen molar-refractivity contribution < 1.29 is 10.2 Å². The van der Waals surface area contributed by atoms with Crippen molar-refractivity contribution in [3.63, 3.8) is 0 Å². The van der Waals surface area contributed by atoms with Gasteiger partial charge in [0.25, 0.3) is 0 Å². The molecule has 2 N–H and O–H groups in total. The van der Waals surface area contributed by atoms with Gasteiger partial charge in [0.1, 0.15) is 0 Å². The third-order valence-corrected chi connectivity index (χ3v) is 5.29. The van der Waals surface area contributed by atoms with Crippen molar-refractivity contribution >= 4 is 0 Å². The van der Waals surface area contributed by atoms with Crippen LogP contribution in [0.1, 0.15) is 12.8 Å². The molecule has 0 unspecified atom stereocenters. The van der Waals surface area contributed by atoms with E-state index in [-0.39, 0.29) is 12.2 Å². The van der Waals surface area contributed by atoms with E-state index in [9.17, 15) is 10.2 Å². The van der Waals surface area contributed by atoms with Crippen LogP contribution in [0.3, 0.4) is 0 Å². The molecule has 0 saturated heterocycles. The number of hydrogen-bond acceptors (Lipinski definition) is 2. The molecule has 0 aromatic heterocycles. The van der Waals surface area contributed by atoms with Crippen molar-refractivity contribution in [1.82, 2.24) is 0 Å². The molecule has 0 aliphatic heterocycles. The summed E-state index contributed by atoms with van der Waals surface area (Å²) in [5.74, 6) is 3.50. The van der Waals surface area contributed by atoms with Gasteiger partial charge in [0.2, 0.25) is 0 Å². The summed E-state index contributed by atoms with van der Waals surface area (Å²) in [6, 6.07) is 0. The van der Waals surface area contributed by atoms with Gasteiger partial charge in [-0.1, -0.05) is 0 Å². The molecule has 4 fully saturated rings. The topological polar surface area (TPSA) is 40.5 Å². The Hall–Kier alpha value is -0.0800. The van der Waals surface area contributed by atoms with E-state index in [0.717, 1.165) is 0 Å². The first-order chi connectivity index (χ1) is 5.79. The molecule has 2 nitrogen and oxygen atoms in total. The van der Waals surface area contributed by atoms with Crippen LogP contribution in [-0.2, 0) is 0 Å². The van der Waals surface area contributed by atoms with E-state index in [1.165, 1.54) is 12.8 Å². The second-order valence-corrected chi connectivity index (χ2v) is 5.26. The molecule has 0 spiro atoms. The Balaban J connectivity index is 1.92. The SMILES string of the molecule is O[C@@H]1[C@H]2C[C@@H]3[C@H]4C[C@@H]2[C@@H]([C@H]4O)[C@@H]13. The molecule has 0 aromatic carbocycles. The summed E-state index contributed by atoms with van der Waals surface area (Å²) in [5.41, 5.74) is 0. The Morgan fingerprint density at radius 1 is 0.667 bits per heavy atom. The second kappa shape index (κ2) is 1.60. The Morgan fingerprint density at radius 2 is 1.08 bits per heavy atom. The average molecular weight is 166 g/mol. The van der Waals surface area contributed by atoms with Crippen LogP contribution in [0, 0.1) is 35.5 Å². The molecule has 4 aliphatic rings. The zero-order chi connectivity index (χ0) is 8.03. The largest absolute Gasteiger partial charge is 0.393 e. The van der Waals surface area contributed by atoms with Crippen LogP contribution in [0.2, 0.25) is 0 Å². The highest BCUT2D eigenvalue weighted by Crippen LogP contribution is 2.72. The number of aliphatic hydroxyl groups excluding tert-OH is 2. The van der Waals surface area contributed by atoms with E-state index in [4.69, 9.17) is 0 Å². The summed E-state index contributed by atoms with van der Waals surface area (Å²) in [6.07, 6.45) is 2.34. The molecular weight excluding hydrogens is 152 g/mol. The van der Waals surface area contributed by atoms with Gasteiger partial charge in [-0.2, -0.15) is 0 Å². The van der Waals surface area contributed by atoms with E-state index in [1.807, 2.05) is 0 Å². The third kappa shape index (κ3) is 0.409. The van der Waals surface area contributed by atoms with Crippen molar-refractivity contribution in [2.45, 2.75) is 25.0 Å². The summed E-state index contributed by atoms with van der Waals surface area (Å²) in [4.78, 5) is 0. The lowest BCUT2D eigenvalue weighted by atomic mass is 9.71. The Kier molecular flexibility index (Phi) is 0.851. The molecule has 2 heteroatoms. The minimum absolute atomic E-state index is 0.0489. The van der Waals surface area contributed by atoms with Crippen LogP contribution in [0.15, 0.2) is 0 Å². The third-order valence-electron chi connectivity index (χ3n) is 5.29. The monoisotopic (exact) mass is 166 g/mol. The molecule has 0 aromatic rings. The minimum Gasteiger partial charge on any atom is -0.393 e. The van der Waals surface area contributed by atoms with E-state index in [2.05, 4.69) is 0 Å². The van der Waals surface area contributed by atoms with E-state index in [1.54, 1.807) is 0 Å². The maximum absolute atomic E-state index is 9.91. The summed E-state index contributed by atoms with van der Waals surface area (Å²) < 4.78 is 0. The van der Waals surface area contributed by atoms with Gasteiger partial charge in [-0.25, -0.2) is 0 Å². The molecule has 0 radical (unpaired) electrons. The number of aliphatic hydroxyl groups is 2. The standard InChI is InChI=1S/C10H14O2/c11-9-5-1-3-6-2-4(5)8(7(3)9)10(6)12/h3-12H,1-2H2/t3-,4+,5+,6-,7+,8-,9-,10+. The van der Waals surface area contributed by atoms with E-state index < -0.39 is 0 Å². The first-order valence-corrected chi connectivity index (χ1v) is 5.15. The summed E-state index contributed by atoms with van der Waals surface area (Å²) in [5, 5.41) is 19.8. The maximum Gasteiger partial charge on any atom is 0.0605 e. The normalized spacial score (nSPS) is 76.5. The van der Waals surface area contributed by atoms with Crippen LogP contribution in [0.25, 0.3) is 0 Å². The van der Waals surface area contributed by atoms with Crippen LogP contribution < -0.4 is 0 Å².